The van der Waals surface area contributed by atoms with E-state index in [1.165, 1.54) is 6.07 Å². The van der Waals surface area contributed by atoms with E-state index in [0.717, 1.165) is 22.9 Å². The van der Waals surface area contributed by atoms with Gasteiger partial charge >= 0.3 is 5.63 Å². The Morgan fingerprint density at radius 2 is 1.96 bits per heavy atom. The fourth-order valence-electron chi connectivity index (χ4n) is 3.04. The summed E-state index contributed by atoms with van der Waals surface area (Å²) in [4.78, 5) is 23.7. The summed E-state index contributed by atoms with van der Waals surface area (Å²) in [5.74, 6) is 1.57. The van der Waals surface area contributed by atoms with E-state index in [-0.39, 0.29) is 19.3 Å². The number of fused-ring (bicyclic) bond motifs is 2. The zero-order valence-corrected chi connectivity index (χ0v) is 15.3. The van der Waals surface area contributed by atoms with Crippen LogP contribution in [0.1, 0.15) is 18.1 Å². The van der Waals surface area contributed by atoms with Crippen molar-refractivity contribution >= 4 is 16.9 Å². The quantitative estimate of drug-likeness (QED) is 0.661. The van der Waals surface area contributed by atoms with Gasteiger partial charge in [-0.05, 0) is 41.8 Å². The highest BCUT2D eigenvalue weighted by atomic mass is 16.7. The van der Waals surface area contributed by atoms with Gasteiger partial charge in [-0.3, -0.25) is 4.79 Å². The molecule has 1 aromatic heterocycles. The molecule has 7 nitrogen and oxygen atoms in total. The molecular formula is C21H19NO6. The number of carbonyl (C=O) groups is 1. The van der Waals surface area contributed by atoms with Crippen molar-refractivity contribution < 1.29 is 23.4 Å². The molecule has 0 saturated carbocycles. The van der Waals surface area contributed by atoms with Crippen LogP contribution in [-0.4, -0.2) is 19.3 Å². The fraction of sp³-hybridized carbons (Fsp3) is 0.238. The molecular weight excluding hydrogens is 362 g/mol. The Kier molecular flexibility index (Phi) is 4.89. The monoisotopic (exact) mass is 381 g/mol. The summed E-state index contributed by atoms with van der Waals surface area (Å²) in [7, 11) is 0. The van der Waals surface area contributed by atoms with Crippen LogP contribution >= 0.6 is 0 Å². The second-order valence-electron chi connectivity index (χ2n) is 6.36. The highest BCUT2D eigenvalue weighted by Crippen LogP contribution is 2.32. The number of nitrogens with one attached hydrogen (secondary N) is 1. The van der Waals surface area contributed by atoms with Crippen LogP contribution in [-0.2, 0) is 17.8 Å². The van der Waals surface area contributed by atoms with Crippen LogP contribution in [0.2, 0.25) is 0 Å². The highest BCUT2D eigenvalue weighted by Gasteiger charge is 2.13. The summed E-state index contributed by atoms with van der Waals surface area (Å²) < 4.78 is 21.4. The van der Waals surface area contributed by atoms with E-state index in [4.69, 9.17) is 18.6 Å². The van der Waals surface area contributed by atoms with E-state index in [0.29, 0.717) is 29.4 Å². The van der Waals surface area contributed by atoms with Gasteiger partial charge in [0.05, 0.1) is 0 Å². The Morgan fingerprint density at radius 3 is 2.82 bits per heavy atom. The highest BCUT2D eigenvalue weighted by molar-refractivity contribution is 5.82. The molecule has 0 saturated heterocycles. The largest absolute Gasteiger partial charge is 0.484 e. The summed E-state index contributed by atoms with van der Waals surface area (Å²) >= 11 is 0. The van der Waals surface area contributed by atoms with Crippen molar-refractivity contribution in [3.8, 4) is 17.2 Å². The number of hydrogen-bond donors (Lipinski definition) is 1. The molecule has 0 bridgehead atoms. The maximum atomic E-state index is 12.1. The van der Waals surface area contributed by atoms with Crippen molar-refractivity contribution in [2.24, 2.45) is 0 Å². The minimum absolute atomic E-state index is 0.145. The summed E-state index contributed by atoms with van der Waals surface area (Å²) in [5, 5.41) is 3.65. The van der Waals surface area contributed by atoms with Crippen LogP contribution in [0.15, 0.2) is 51.7 Å². The van der Waals surface area contributed by atoms with E-state index >= 15 is 0 Å². The molecule has 0 aliphatic carbocycles. The van der Waals surface area contributed by atoms with Crippen LogP contribution in [0.5, 0.6) is 17.2 Å². The van der Waals surface area contributed by atoms with Crippen molar-refractivity contribution in [2.75, 3.05) is 13.4 Å². The molecule has 0 atom stereocenters. The Labute approximate surface area is 160 Å². The molecule has 0 radical (unpaired) electrons. The molecule has 0 unspecified atom stereocenters. The number of benzene rings is 2. The van der Waals surface area contributed by atoms with Gasteiger partial charge in [-0.25, -0.2) is 4.79 Å². The molecule has 7 heteroatoms. The Bertz CT molecular complexity index is 1090. The number of aryl methyl sites for hydroxylation is 1. The maximum absolute atomic E-state index is 12.1. The summed E-state index contributed by atoms with van der Waals surface area (Å²) in [5.41, 5.74) is 1.86. The predicted octanol–water partition coefficient (Wildman–Crippen LogP) is 2.78. The third kappa shape index (κ3) is 3.78. The molecule has 28 heavy (non-hydrogen) atoms. The van der Waals surface area contributed by atoms with Crippen LogP contribution in [0.25, 0.3) is 11.0 Å². The van der Waals surface area contributed by atoms with Crippen LogP contribution in [0.3, 0.4) is 0 Å². The predicted molar refractivity (Wildman–Crippen MR) is 102 cm³/mol. The first-order valence-corrected chi connectivity index (χ1v) is 8.97. The second kappa shape index (κ2) is 7.64. The zero-order valence-electron chi connectivity index (χ0n) is 15.3. The normalized spacial score (nSPS) is 12.2. The molecule has 144 valence electrons. The first kappa shape index (κ1) is 17.9. The van der Waals surface area contributed by atoms with E-state index in [2.05, 4.69) is 5.32 Å². The van der Waals surface area contributed by atoms with Crippen molar-refractivity contribution in [2.45, 2.75) is 19.9 Å². The average molecular weight is 381 g/mol. The van der Waals surface area contributed by atoms with Crippen molar-refractivity contribution in [3.63, 3.8) is 0 Å². The van der Waals surface area contributed by atoms with Gasteiger partial charge < -0.3 is 23.9 Å². The van der Waals surface area contributed by atoms with E-state index in [1.807, 2.05) is 31.2 Å². The Morgan fingerprint density at radius 1 is 1.11 bits per heavy atom. The molecule has 0 spiro atoms. The first-order valence-electron chi connectivity index (χ1n) is 8.97. The molecule has 1 N–H and O–H groups in total. The van der Waals surface area contributed by atoms with Crippen molar-refractivity contribution in [1.82, 2.24) is 5.32 Å². The van der Waals surface area contributed by atoms with Gasteiger partial charge in [0, 0.05) is 24.1 Å². The smallest absolute Gasteiger partial charge is 0.336 e. The van der Waals surface area contributed by atoms with Crippen molar-refractivity contribution in [3.05, 3.63) is 64.0 Å². The summed E-state index contributed by atoms with van der Waals surface area (Å²) in [6.07, 6.45) is 0.727. The van der Waals surface area contributed by atoms with E-state index < -0.39 is 5.63 Å². The van der Waals surface area contributed by atoms with Crippen molar-refractivity contribution in [1.29, 1.82) is 0 Å². The van der Waals surface area contributed by atoms with Gasteiger partial charge in [0.15, 0.2) is 18.1 Å². The molecule has 1 amide bonds. The van der Waals surface area contributed by atoms with E-state index in [1.54, 1.807) is 12.1 Å². The third-order valence-corrected chi connectivity index (χ3v) is 4.48. The topological polar surface area (TPSA) is 87.0 Å². The van der Waals surface area contributed by atoms with Gasteiger partial charge in [0.1, 0.15) is 11.3 Å². The zero-order chi connectivity index (χ0) is 19.5. The van der Waals surface area contributed by atoms with Crippen LogP contribution in [0.4, 0.5) is 0 Å². The van der Waals surface area contributed by atoms with Gasteiger partial charge in [0.25, 0.3) is 5.91 Å². The standard InChI is InChI=1S/C21H19NO6/c1-2-14-8-21(24)28-18-9-15(4-5-16(14)18)25-11-20(23)22-10-13-3-6-17-19(7-13)27-12-26-17/h3-9H,2,10-12H2,1H3,(H,22,23). The van der Waals surface area contributed by atoms with Crippen LogP contribution in [0, 0.1) is 0 Å². The third-order valence-electron chi connectivity index (χ3n) is 4.48. The van der Waals surface area contributed by atoms with Gasteiger partial charge in [0.2, 0.25) is 6.79 Å². The summed E-state index contributed by atoms with van der Waals surface area (Å²) in [6.45, 7) is 2.40. The lowest BCUT2D eigenvalue weighted by Crippen LogP contribution is -2.28. The maximum Gasteiger partial charge on any atom is 0.336 e. The lowest BCUT2D eigenvalue weighted by molar-refractivity contribution is -0.123. The molecule has 2 heterocycles. The Hall–Kier alpha value is -3.48. The number of hydrogen-bond acceptors (Lipinski definition) is 6. The first-order chi connectivity index (χ1) is 13.6. The minimum Gasteiger partial charge on any atom is -0.484 e. The van der Waals surface area contributed by atoms with Gasteiger partial charge in [-0.15, -0.1) is 0 Å². The molecule has 1 aliphatic heterocycles. The number of ether oxygens (including phenoxy) is 3. The second-order valence-corrected chi connectivity index (χ2v) is 6.36. The summed E-state index contributed by atoms with van der Waals surface area (Å²) in [6, 6.07) is 12.2. The van der Waals surface area contributed by atoms with Gasteiger partial charge in [-0.2, -0.15) is 0 Å². The van der Waals surface area contributed by atoms with Gasteiger partial charge in [-0.1, -0.05) is 13.0 Å². The van der Waals surface area contributed by atoms with E-state index in [9.17, 15) is 9.59 Å². The SMILES string of the molecule is CCc1cc(=O)oc2cc(OCC(=O)NCc3ccc4c(c3)OCO4)ccc12. The molecule has 4 rings (SSSR count). The Balaban J connectivity index is 1.36. The number of amides is 1. The number of carbonyl (C=O) groups excluding carboxylic acids is 1. The molecule has 2 aromatic carbocycles. The minimum atomic E-state index is -0.400. The lowest BCUT2D eigenvalue weighted by Gasteiger charge is -2.09. The average Bonchev–Trinajstić information content (AvgIpc) is 3.17. The molecule has 1 aliphatic rings. The fourth-order valence-corrected chi connectivity index (χ4v) is 3.04. The molecule has 0 fully saturated rings. The molecule has 3 aromatic rings. The van der Waals surface area contributed by atoms with Crippen LogP contribution < -0.4 is 25.2 Å². The lowest BCUT2D eigenvalue weighted by atomic mass is 10.1. The number of rotatable bonds is 6.